The quantitative estimate of drug-likeness (QED) is 0.677. The van der Waals surface area contributed by atoms with Crippen molar-refractivity contribution in [2.75, 3.05) is 23.4 Å². The van der Waals surface area contributed by atoms with Crippen molar-refractivity contribution in [3.8, 4) is 0 Å². The van der Waals surface area contributed by atoms with Gasteiger partial charge in [-0.2, -0.15) is 0 Å². The van der Waals surface area contributed by atoms with E-state index >= 15 is 0 Å². The Bertz CT molecular complexity index is 906. The van der Waals surface area contributed by atoms with Gasteiger partial charge in [-0.1, -0.05) is 29.3 Å². The van der Waals surface area contributed by atoms with Crippen molar-refractivity contribution in [1.29, 1.82) is 0 Å². The minimum atomic E-state index is -0.678. The van der Waals surface area contributed by atoms with Crippen LogP contribution in [0, 0.1) is 0 Å². The van der Waals surface area contributed by atoms with E-state index in [9.17, 15) is 14.4 Å². The molecule has 0 bridgehead atoms. The molecule has 1 fully saturated rings. The zero-order chi connectivity index (χ0) is 19.4. The molecule has 0 atom stereocenters. The molecule has 27 heavy (non-hydrogen) atoms. The Morgan fingerprint density at radius 3 is 2.63 bits per heavy atom. The third-order valence-electron chi connectivity index (χ3n) is 3.64. The molecule has 2 aromatic rings. The van der Waals surface area contributed by atoms with Crippen LogP contribution in [0.1, 0.15) is 10.4 Å². The monoisotopic (exact) mass is 408 g/mol. The lowest BCUT2D eigenvalue weighted by Gasteiger charge is -2.14. The summed E-state index contributed by atoms with van der Waals surface area (Å²) in [5.41, 5.74) is 5.59. The van der Waals surface area contributed by atoms with Crippen LogP contribution in [-0.4, -0.2) is 31.2 Å². The number of nitrogens with zero attached hydrogens (tertiary/aromatic N) is 1. The molecule has 4 amide bonds. The number of amides is 4. The SMILES string of the molecule is O=C(NNC(=O)c1cc(Cl)ccc1Cl)Nc1cccc(N2CCOC2=O)c1. The number of cyclic esters (lactones) is 1. The second-order valence-corrected chi connectivity index (χ2v) is 6.32. The molecule has 1 aliphatic heterocycles. The van der Waals surface area contributed by atoms with E-state index in [0.717, 1.165) is 0 Å². The molecule has 1 aliphatic rings. The van der Waals surface area contributed by atoms with Crippen LogP contribution in [0.2, 0.25) is 10.0 Å². The maximum atomic E-state index is 12.1. The first kappa shape index (κ1) is 18.8. The van der Waals surface area contributed by atoms with Crippen molar-refractivity contribution in [1.82, 2.24) is 10.9 Å². The molecule has 0 spiro atoms. The van der Waals surface area contributed by atoms with E-state index in [-0.39, 0.29) is 10.6 Å². The fourth-order valence-electron chi connectivity index (χ4n) is 2.39. The molecule has 2 aromatic carbocycles. The minimum Gasteiger partial charge on any atom is -0.447 e. The molecule has 0 radical (unpaired) electrons. The van der Waals surface area contributed by atoms with E-state index in [2.05, 4.69) is 16.2 Å². The first-order chi connectivity index (χ1) is 12.9. The van der Waals surface area contributed by atoms with Gasteiger partial charge in [0.1, 0.15) is 6.61 Å². The molecule has 1 heterocycles. The van der Waals surface area contributed by atoms with Crippen molar-refractivity contribution >= 4 is 52.6 Å². The van der Waals surface area contributed by atoms with Crippen LogP contribution >= 0.6 is 23.2 Å². The minimum absolute atomic E-state index is 0.124. The molecule has 10 heteroatoms. The molecule has 0 aliphatic carbocycles. The zero-order valence-electron chi connectivity index (χ0n) is 13.8. The molecule has 0 unspecified atom stereocenters. The predicted molar refractivity (Wildman–Crippen MR) is 101 cm³/mol. The standard InChI is InChI=1S/C17H14Cl2N4O4/c18-10-4-5-14(19)13(8-10)15(24)21-22-16(25)20-11-2-1-3-12(9-11)23-6-7-27-17(23)26/h1-5,8-9H,6-7H2,(H,21,24)(H2,20,22,25). The highest BCUT2D eigenvalue weighted by atomic mass is 35.5. The highest BCUT2D eigenvalue weighted by Gasteiger charge is 2.23. The van der Waals surface area contributed by atoms with Crippen LogP contribution in [0.3, 0.4) is 0 Å². The molecule has 1 saturated heterocycles. The average molecular weight is 409 g/mol. The number of benzene rings is 2. The van der Waals surface area contributed by atoms with Crippen LogP contribution in [0.25, 0.3) is 0 Å². The van der Waals surface area contributed by atoms with Gasteiger partial charge in [-0.3, -0.25) is 15.1 Å². The fraction of sp³-hybridized carbons (Fsp3) is 0.118. The third-order valence-corrected chi connectivity index (χ3v) is 4.20. The summed E-state index contributed by atoms with van der Waals surface area (Å²) in [6.07, 6.45) is -0.442. The molecule has 3 N–H and O–H groups in total. The van der Waals surface area contributed by atoms with Crippen LogP contribution in [0.4, 0.5) is 21.0 Å². The van der Waals surface area contributed by atoms with Gasteiger partial charge in [-0.05, 0) is 36.4 Å². The number of hydrogen-bond acceptors (Lipinski definition) is 4. The van der Waals surface area contributed by atoms with Gasteiger partial charge in [0.2, 0.25) is 0 Å². The number of carbonyl (C=O) groups excluding carboxylic acids is 3. The molecule has 8 nitrogen and oxygen atoms in total. The fourth-order valence-corrected chi connectivity index (χ4v) is 2.77. The van der Waals surface area contributed by atoms with E-state index in [1.54, 1.807) is 30.3 Å². The van der Waals surface area contributed by atoms with Crippen LogP contribution in [0.15, 0.2) is 42.5 Å². The summed E-state index contributed by atoms with van der Waals surface area (Å²) in [6.45, 7) is 0.750. The number of ether oxygens (including phenoxy) is 1. The van der Waals surface area contributed by atoms with Crippen molar-refractivity contribution in [3.63, 3.8) is 0 Å². The van der Waals surface area contributed by atoms with Crippen LogP contribution < -0.4 is 21.1 Å². The Morgan fingerprint density at radius 1 is 1.07 bits per heavy atom. The summed E-state index contributed by atoms with van der Waals surface area (Å²) in [6, 6.07) is 10.4. The summed E-state index contributed by atoms with van der Waals surface area (Å²) in [5.74, 6) is -0.619. The maximum absolute atomic E-state index is 12.1. The van der Waals surface area contributed by atoms with Gasteiger partial charge in [0.25, 0.3) is 5.91 Å². The Kier molecular flexibility index (Phi) is 5.68. The summed E-state index contributed by atoms with van der Waals surface area (Å²) in [4.78, 5) is 37.1. The number of urea groups is 1. The molecular weight excluding hydrogens is 395 g/mol. The predicted octanol–water partition coefficient (Wildman–Crippen LogP) is 3.42. The highest BCUT2D eigenvalue weighted by molar-refractivity contribution is 6.35. The Balaban J connectivity index is 1.59. The molecular formula is C17H14Cl2N4O4. The molecule has 3 rings (SSSR count). The Morgan fingerprint density at radius 2 is 1.89 bits per heavy atom. The van der Waals surface area contributed by atoms with E-state index in [4.69, 9.17) is 27.9 Å². The Hall–Kier alpha value is -2.97. The van der Waals surface area contributed by atoms with Gasteiger partial charge in [-0.15, -0.1) is 0 Å². The maximum Gasteiger partial charge on any atom is 0.414 e. The van der Waals surface area contributed by atoms with E-state index in [1.807, 2.05) is 0 Å². The van der Waals surface area contributed by atoms with Gasteiger partial charge in [0, 0.05) is 16.4 Å². The zero-order valence-corrected chi connectivity index (χ0v) is 15.3. The van der Waals surface area contributed by atoms with Gasteiger partial charge >= 0.3 is 12.1 Å². The lowest BCUT2D eigenvalue weighted by molar-refractivity contribution is 0.0938. The van der Waals surface area contributed by atoms with E-state index in [1.165, 1.54) is 17.0 Å². The number of carbonyl (C=O) groups is 3. The highest BCUT2D eigenvalue weighted by Crippen LogP contribution is 2.22. The third kappa shape index (κ3) is 4.60. The molecule has 0 aromatic heterocycles. The number of nitrogens with one attached hydrogen (secondary N) is 3. The Labute approximate surface area is 164 Å². The summed E-state index contributed by atoms with van der Waals surface area (Å²) < 4.78 is 4.89. The van der Waals surface area contributed by atoms with Crippen molar-refractivity contribution in [3.05, 3.63) is 58.1 Å². The second kappa shape index (κ2) is 8.15. The smallest absolute Gasteiger partial charge is 0.414 e. The van der Waals surface area contributed by atoms with E-state index in [0.29, 0.717) is 29.5 Å². The number of anilines is 2. The summed E-state index contributed by atoms with van der Waals surface area (Å²) in [5, 5.41) is 3.09. The van der Waals surface area contributed by atoms with Gasteiger partial charge in [0.05, 0.1) is 17.1 Å². The number of rotatable bonds is 3. The van der Waals surface area contributed by atoms with Crippen molar-refractivity contribution in [2.24, 2.45) is 0 Å². The first-order valence-corrected chi connectivity index (χ1v) is 8.56. The summed E-state index contributed by atoms with van der Waals surface area (Å²) >= 11 is 11.8. The lowest BCUT2D eigenvalue weighted by Crippen LogP contribution is -2.44. The van der Waals surface area contributed by atoms with Crippen LogP contribution in [-0.2, 0) is 4.74 Å². The van der Waals surface area contributed by atoms with Gasteiger partial charge in [-0.25, -0.2) is 15.0 Å². The van der Waals surface area contributed by atoms with Gasteiger partial charge in [0.15, 0.2) is 0 Å². The largest absolute Gasteiger partial charge is 0.447 e. The normalized spacial score (nSPS) is 13.1. The van der Waals surface area contributed by atoms with E-state index < -0.39 is 18.0 Å². The average Bonchev–Trinajstić information content (AvgIpc) is 3.08. The van der Waals surface area contributed by atoms with Gasteiger partial charge < -0.3 is 10.1 Å². The number of hydrogen-bond donors (Lipinski definition) is 3. The second-order valence-electron chi connectivity index (χ2n) is 5.47. The molecule has 140 valence electrons. The van der Waals surface area contributed by atoms with Crippen molar-refractivity contribution < 1.29 is 19.1 Å². The van der Waals surface area contributed by atoms with Crippen molar-refractivity contribution in [2.45, 2.75) is 0 Å². The lowest BCUT2D eigenvalue weighted by atomic mass is 10.2. The van der Waals surface area contributed by atoms with Crippen LogP contribution in [0.5, 0.6) is 0 Å². The number of hydrazine groups is 1. The number of halogens is 2. The topological polar surface area (TPSA) is 99.8 Å². The first-order valence-electron chi connectivity index (χ1n) is 7.81. The summed E-state index contributed by atoms with van der Waals surface area (Å²) in [7, 11) is 0. The molecule has 0 saturated carbocycles.